The van der Waals surface area contributed by atoms with E-state index in [0.717, 1.165) is 30.4 Å². The third-order valence-electron chi connectivity index (χ3n) is 3.99. The molecule has 0 radical (unpaired) electrons. The van der Waals surface area contributed by atoms with Crippen LogP contribution in [0.2, 0.25) is 0 Å². The summed E-state index contributed by atoms with van der Waals surface area (Å²) in [4.78, 5) is 0.332. The maximum atomic E-state index is 12.6. The number of rotatable bonds is 3. The van der Waals surface area contributed by atoms with Gasteiger partial charge in [0, 0.05) is 13.1 Å². The number of phenolic OH excluding ortho intramolecular Hbond substituents is 1. The van der Waals surface area contributed by atoms with E-state index in [1.165, 1.54) is 0 Å². The fourth-order valence-corrected chi connectivity index (χ4v) is 4.28. The van der Waals surface area contributed by atoms with Crippen molar-refractivity contribution in [3.8, 4) is 16.9 Å². The zero-order chi connectivity index (χ0) is 15.6. The van der Waals surface area contributed by atoms with Gasteiger partial charge >= 0.3 is 0 Å². The van der Waals surface area contributed by atoms with Crippen LogP contribution in [0.5, 0.6) is 5.75 Å². The molecule has 2 aromatic rings. The lowest BCUT2D eigenvalue weighted by Crippen LogP contribution is -2.35. The Bertz CT molecular complexity index is 748. The number of hydrogen-bond donors (Lipinski definition) is 1. The zero-order valence-electron chi connectivity index (χ0n) is 12.3. The second-order valence-corrected chi connectivity index (χ2v) is 7.48. The molecule has 0 aliphatic carbocycles. The maximum Gasteiger partial charge on any atom is 0.243 e. The van der Waals surface area contributed by atoms with Crippen LogP contribution in [0.25, 0.3) is 11.1 Å². The molecular formula is C17H19NO3S. The first-order chi connectivity index (χ1) is 10.6. The maximum absolute atomic E-state index is 12.6. The van der Waals surface area contributed by atoms with Crippen molar-refractivity contribution in [1.82, 2.24) is 4.31 Å². The van der Waals surface area contributed by atoms with Crippen molar-refractivity contribution in [3.05, 3.63) is 48.5 Å². The third-order valence-corrected chi connectivity index (χ3v) is 5.90. The fraction of sp³-hybridized carbons (Fsp3) is 0.294. The molecule has 4 nitrogen and oxygen atoms in total. The lowest BCUT2D eigenvalue weighted by Gasteiger charge is -2.25. The summed E-state index contributed by atoms with van der Waals surface area (Å²) in [5, 5.41) is 9.53. The molecule has 1 aliphatic heterocycles. The van der Waals surface area contributed by atoms with Crippen LogP contribution in [-0.2, 0) is 10.0 Å². The normalized spacial score (nSPS) is 16.5. The monoisotopic (exact) mass is 317 g/mol. The molecule has 1 aliphatic rings. The third kappa shape index (κ3) is 3.00. The van der Waals surface area contributed by atoms with Gasteiger partial charge < -0.3 is 5.11 Å². The van der Waals surface area contributed by atoms with Gasteiger partial charge in [0.15, 0.2) is 0 Å². The zero-order valence-corrected chi connectivity index (χ0v) is 13.1. The van der Waals surface area contributed by atoms with Crippen molar-refractivity contribution in [2.45, 2.75) is 24.2 Å². The van der Waals surface area contributed by atoms with Crippen LogP contribution in [0.15, 0.2) is 53.4 Å². The Morgan fingerprint density at radius 1 is 0.864 bits per heavy atom. The first-order valence-electron chi connectivity index (χ1n) is 7.47. The van der Waals surface area contributed by atoms with Crippen molar-refractivity contribution in [2.24, 2.45) is 0 Å². The molecule has 2 aromatic carbocycles. The number of phenols is 1. The molecule has 1 saturated heterocycles. The second-order valence-electron chi connectivity index (χ2n) is 5.54. The van der Waals surface area contributed by atoms with Crippen LogP contribution < -0.4 is 0 Å². The molecule has 1 N–H and O–H groups in total. The van der Waals surface area contributed by atoms with Crippen LogP contribution in [0, 0.1) is 0 Å². The number of nitrogens with zero attached hydrogens (tertiary/aromatic N) is 1. The lowest BCUT2D eigenvalue weighted by molar-refractivity contribution is 0.346. The van der Waals surface area contributed by atoms with Crippen molar-refractivity contribution in [2.75, 3.05) is 13.1 Å². The summed E-state index contributed by atoms with van der Waals surface area (Å²) >= 11 is 0. The summed E-state index contributed by atoms with van der Waals surface area (Å²) in [5.41, 5.74) is 1.75. The molecule has 0 saturated carbocycles. The van der Waals surface area contributed by atoms with Crippen LogP contribution in [0.3, 0.4) is 0 Å². The summed E-state index contributed by atoms with van der Waals surface area (Å²) in [6, 6.07) is 13.8. The van der Waals surface area contributed by atoms with Crippen LogP contribution in [0.1, 0.15) is 19.3 Å². The Morgan fingerprint density at radius 3 is 2.18 bits per heavy atom. The minimum atomic E-state index is -3.39. The smallest absolute Gasteiger partial charge is 0.243 e. The molecule has 1 heterocycles. The Labute approximate surface area is 131 Å². The highest BCUT2D eigenvalue weighted by atomic mass is 32.2. The molecule has 116 valence electrons. The Hall–Kier alpha value is -1.85. The average Bonchev–Trinajstić information content (AvgIpc) is 2.56. The molecule has 22 heavy (non-hydrogen) atoms. The van der Waals surface area contributed by atoms with Gasteiger partial charge in [0.05, 0.1) is 4.90 Å². The average molecular weight is 317 g/mol. The standard InChI is InChI=1S/C17H19NO3S/c19-16-6-4-5-15(13-16)14-7-9-17(10-8-14)22(20,21)18-11-2-1-3-12-18/h4-10,13,19H,1-3,11-12H2. The summed E-state index contributed by atoms with van der Waals surface area (Å²) in [6.45, 7) is 1.22. The largest absolute Gasteiger partial charge is 0.508 e. The van der Waals surface area contributed by atoms with Gasteiger partial charge in [-0.1, -0.05) is 30.7 Å². The van der Waals surface area contributed by atoms with Gasteiger partial charge in [-0.25, -0.2) is 8.42 Å². The fourth-order valence-electron chi connectivity index (χ4n) is 2.76. The summed E-state index contributed by atoms with van der Waals surface area (Å²) < 4.78 is 26.7. The minimum Gasteiger partial charge on any atom is -0.508 e. The van der Waals surface area contributed by atoms with E-state index >= 15 is 0 Å². The molecule has 1 fully saturated rings. The number of aromatic hydroxyl groups is 1. The second kappa shape index (κ2) is 6.10. The highest BCUT2D eigenvalue weighted by molar-refractivity contribution is 7.89. The first kappa shape index (κ1) is 15.1. The molecule has 0 aromatic heterocycles. The predicted octanol–water partition coefficient (Wildman–Crippen LogP) is 3.23. The van der Waals surface area contributed by atoms with Crippen LogP contribution in [-0.4, -0.2) is 30.9 Å². The number of hydrogen-bond acceptors (Lipinski definition) is 3. The Kier molecular flexibility index (Phi) is 4.18. The van der Waals surface area contributed by atoms with E-state index in [1.807, 2.05) is 6.07 Å². The van der Waals surface area contributed by atoms with Crippen molar-refractivity contribution in [1.29, 1.82) is 0 Å². The van der Waals surface area contributed by atoms with Gasteiger partial charge in [-0.3, -0.25) is 0 Å². The van der Waals surface area contributed by atoms with Gasteiger partial charge in [0.25, 0.3) is 0 Å². The highest BCUT2D eigenvalue weighted by Gasteiger charge is 2.25. The van der Waals surface area contributed by atoms with E-state index in [4.69, 9.17) is 0 Å². The van der Waals surface area contributed by atoms with E-state index in [-0.39, 0.29) is 5.75 Å². The van der Waals surface area contributed by atoms with E-state index < -0.39 is 10.0 Å². The summed E-state index contributed by atoms with van der Waals surface area (Å²) in [7, 11) is -3.39. The molecule has 0 unspecified atom stereocenters. The predicted molar refractivity (Wildman–Crippen MR) is 86.2 cm³/mol. The molecule has 0 atom stereocenters. The van der Waals surface area contributed by atoms with Crippen LogP contribution >= 0.6 is 0 Å². The number of benzene rings is 2. The quantitative estimate of drug-likeness (QED) is 0.945. The van der Waals surface area contributed by atoms with Gasteiger partial charge in [-0.05, 0) is 48.2 Å². The lowest BCUT2D eigenvalue weighted by atomic mass is 10.1. The molecule has 0 spiro atoms. The number of piperidine rings is 1. The van der Waals surface area contributed by atoms with Gasteiger partial charge in [-0.15, -0.1) is 0 Å². The van der Waals surface area contributed by atoms with E-state index in [0.29, 0.717) is 18.0 Å². The highest BCUT2D eigenvalue weighted by Crippen LogP contribution is 2.26. The first-order valence-corrected chi connectivity index (χ1v) is 8.91. The molecule has 3 rings (SSSR count). The van der Waals surface area contributed by atoms with Crippen molar-refractivity contribution in [3.63, 3.8) is 0 Å². The van der Waals surface area contributed by atoms with Gasteiger partial charge in [-0.2, -0.15) is 4.31 Å². The van der Waals surface area contributed by atoms with Crippen molar-refractivity contribution >= 4 is 10.0 Å². The Morgan fingerprint density at radius 2 is 1.55 bits per heavy atom. The molecule has 0 amide bonds. The summed E-state index contributed by atoms with van der Waals surface area (Å²) in [6.07, 6.45) is 2.96. The van der Waals surface area contributed by atoms with E-state index in [2.05, 4.69) is 0 Å². The van der Waals surface area contributed by atoms with Gasteiger partial charge in [0.1, 0.15) is 5.75 Å². The molecule has 0 bridgehead atoms. The topological polar surface area (TPSA) is 57.6 Å². The van der Waals surface area contributed by atoms with E-state index in [1.54, 1.807) is 46.8 Å². The SMILES string of the molecule is O=S(=O)(c1ccc(-c2cccc(O)c2)cc1)N1CCCCC1. The van der Waals surface area contributed by atoms with Crippen LogP contribution in [0.4, 0.5) is 0 Å². The minimum absolute atomic E-state index is 0.197. The van der Waals surface area contributed by atoms with Gasteiger partial charge in [0.2, 0.25) is 10.0 Å². The van der Waals surface area contributed by atoms with Crippen molar-refractivity contribution < 1.29 is 13.5 Å². The summed E-state index contributed by atoms with van der Waals surface area (Å²) in [5.74, 6) is 0.197. The number of sulfonamides is 1. The molecular weight excluding hydrogens is 298 g/mol. The van der Waals surface area contributed by atoms with E-state index in [9.17, 15) is 13.5 Å². The Balaban J connectivity index is 1.87. The molecule has 5 heteroatoms.